The largest absolute Gasteiger partial charge is 0.493 e. The van der Waals surface area contributed by atoms with Gasteiger partial charge in [0.2, 0.25) is 0 Å². The van der Waals surface area contributed by atoms with Crippen LogP contribution in [0.15, 0.2) is 35.5 Å². The molecule has 0 radical (unpaired) electrons. The smallest absolute Gasteiger partial charge is 0.342 e. The van der Waals surface area contributed by atoms with Gasteiger partial charge in [-0.15, -0.1) is 0 Å². The molecule has 2 aliphatic rings. The number of ether oxygens (including phenoxy) is 6. The molecule has 3 rings (SSSR count). The van der Waals surface area contributed by atoms with Gasteiger partial charge in [-0.1, -0.05) is 36.3 Å². The van der Waals surface area contributed by atoms with E-state index in [1.54, 1.807) is 12.1 Å². The highest BCUT2D eigenvalue weighted by Crippen LogP contribution is 2.35. The Morgan fingerprint density at radius 1 is 1.11 bits per heavy atom. The van der Waals surface area contributed by atoms with Crippen molar-refractivity contribution in [3.63, 3.8) is 0 Å². The minimum Gasteiger partial charge on any atom is -0.493 e. The Bertz CT molecular complexity index is 1050. The zero-order chi connectivity index (χ0) is 27.5. The number of hydrogen-bond donors (Lipinski definition) is 0. The molecule has 0 N–H and O–H groups in total. The number of azide groups is 1. The molecule has 1 aromatic rings. The van der Waals surface area contributed by atoms with Gasteiger partial charge in [0.1, 0.15) is 23.2 Å². The van der Waals surface area contributed by atoms with Gasteiger partial charge >= 0.3 is 5.97 Å². The Morgan fingerprint density at radius 3 is 2.55 bits per heavy atom. The molecule has 4 atom stereocenters. The minimum absolute atomic E-state index is 0.00835. The Hall–Kier alpha value is -3.04. The molecule has 0 spiro atoms. The lowest BCUT2D eigenvalue weighted by Crippen LogP contribution is -2.23. The van der Waals surface area contributed by atoms with E-state index in [0.717, 1.165) is 0 Å². The third kappa shape index (κ3) is 8.49. The maximum atomic E-state index is 13.4. The Labute approximate surface area is 224 Å². The van der Waals surface area contributed by atoms with Crippen molar-refractivity contribution in [2.75, 3.05) is 27.1 Å². The molecule has 10 nitrogen and oxygen atoms in total. The van der Waals surface area contributed by atoms with Crippen LogP contribution in [0.25, 0.3) is 16.5 Å². The lowest BCUT2D eigenvalue weighted by Gasteiger charge is -2.21. The van der Waals surface area contributed by atoms with E-state index < -0.39 is 11.8 Å². The molecule has 1 fully saturated rings. The number of fused-ring (bicyclic) bond motifs is 2. The summed E-state index contributed by atoms with van der Waals surface area (Å²) in [4.78, 5) is 16.2. The van der Waals surface area contributed by atoms with E-state index in [1.165, 1.54) is 7.11 Å². The second-order valence-corrected chi connectivity index (χ2v) is 9.93. The molecular weight excluding hydrogens is 490 g/mol. The van der Waals surface area contributed by atoms with Crippen molar-refractivity contribution in [2.24, 2.45) is 11.0 Å². The molecule has 1 aromatic carbocycles. The summed E-state index contributed by atoms with van der Waals surface area (Å²) in [6.45, 7) is 8.51. The monoisotopic (exact) mass is 529 g/mol. The second-order valence-electron chi connectivity index (χ2n) is 9.93. The summed E-state index contributed by atoms with van der Waals surface area (Å²) in [7, 11) is 1.51. The number of cyclic esters (lactones) is 1. The predicted octanol–water partition coefficient (Wildman–Crippen LogP) is 6.20. The molecule has 1 saturated heterocycles. The summed E-state index contributed by atoms with van der Waals surface area (Å²) in [5.74, 6) is -0.306. The number of carbonyl (C=O) groups is 1. The SMILES string of the molecule is COCOc1cc(OCCCCN=[N+]=[N-])cc2c1C(=O)O[C@@H](C)[C@H](C)/C=C\C[C@H]1OC(C)(C)O[C@H]1CC=C2. The maximum Gasteiger partial charge on any atom is 0.342 e. The Balaban J connectivity index is 1.95. The van der Waals surface area contributed by atoms with E-state index >= 15 is 0 Å². The highest BCUT2D eigenvalue weighted by Gasteiger charge is 2.40. The van der Waals surface area contributed by atoms with Crippen molar-refractivity contribution < 1.29 is 33.2 Å². The second kappa shape index (κ2) is 14.2. The number of esters is 1. The summed E-state index contributed by atoms with van der Waals surface area (Å²) < 4.78 is 35.1. The first kappa shape index (κ1) is 29.5. The molecule has 0 unspecified atom stereocenters. The first-order valence-electron chi connectivity index (χ1n) is 13.1. The molecule has 0 aromatic heterocycles. The van der Waals surface area contributed by atoms with Gasteiger partial charge in [-0.05, 0) is 63.6 Å². The lowest BCUT2D eigenvalue weighted by molar-refractivity contribution is -0.145. The molecule has 2 aliphatic heterocycles. The third-order valence-corrected chi connectivity index (χ3v) is 6.42. The quantitative estimate of drug-likeness (QED) is 0.0709. The number of benzene rings is 1. The van der Waals surface area contributed by atoms with Crippen molar-refractivity contribution in [2.45, 2.75) is 77.5 Å². The van der Waals surface area contributed by atoms with Crippen LogP contribution in [0.1, 0.15) is 69.3 Å². The highest BCUT2D eigenvalue weighted by atomic mass is 16.7. The number of carbonyl (C=O) groups excluding carboxylic acids is 1. The highest BCUT2D eigenvalue weighted by molar-refractivity contribution is 5.97. The van der Waals surface area contributed by atoms with Crippen LogP contribution < -0.4 is 9.47 Å². The zero-order valence-corrected chi connectivity index (χ0v) is 22.9. The average Bonchev–Trinajstić information content (AvgIpc) is 3.16. The predicted molar refractivity (Wildman–Crippen MR) is 143 cm³/mol. The Kier molecular flexibility index (Phi) is 11.0. The molecule has 0 aliphatic carbocycles. The van der Waals surface area contributed by atoms with Gasteiger partial charge in [-0.25, -0.2) is 4.79 Å². The molecule has 38 heavy (non-hydrogen) atoms. The van der Waals surface area contributed by atoms with Crippen molar-refractivity contribution in [1.82, 2.24) is 0 Å². The van der Waals surface area contributed by atoms with Crippen molar-refractivity contribution >= 4 is 12.0 Å². The fraction of sp³-hybridized carbons (Fsp3) is 0.607. The number of hydrogen-bond acceptors (Lipinski definition) is 8. The fourth-order valence-electron chi connectivity index (χ4n) is 4.36. The Morgan fingerprint density at radius 2 is 1.84 bits per heavy atom. The normalized spacial score (nSPS) is 25.8. The van der Waals surface area contributed by atoms with Gasteiger partial charge in [0, 0.05) is 30.6 Å². The molecule has 10 heteroatoms. The van der Waals surface area contributed by atoms with Crippen LogP contribution >= 0.6 is 0 Å². The van der Waals surface area contributed by atoms with E-state index in [4.69, 9.17) is 34.0 Å². The first-order valence-corrected chi connectivity index (χ1v) is 13.1. The topological polar surface area (TPSA) is 121 Å². The zero-order valence-electron chi connectivity index (χ0n) is 22.9. The summed E-state index contributed by atoms with van der Waals surface area (Å²) in [6.07, 6.45) is 10.1. The van der Waals surface area contributed by atoms with Crippen LogP contribution in [0.5, 0.6) is 11.5 Å². The van der Waals surface area contributed by atoms with E-state index in [2.05, 4.69) is 16.1 Å². The first-order chi connectivity index (χ1) is 18.2. The molecule has 0 saturated carbocycles. The fourth-order valence-corrected chi connectivity index (χ4v) is 4.36. The van der Waals surface area contributed by atoms with Crippen LogP contribution in [0.4, 0.5) is 0 Å². The number of methoxy groups -OCH3 is 1. The van der Waals surface area contributed by atoms with Crippen LogP contribution in [0.2, 0.25) is 0 Å². The molecule has 0 amide bonds. The summed E-state index contributed by atoms with van der Waals surface area (Å²) in [5, 5.41) is 3.54. The molecule has 2 heterocycles. The van der Waals surface area contributed by atoms with Crippen molar-refractivity contribution in [3.8, 4) is 11.5 Å². The molecule has 208 valence electrons. The molecular formula is C28H39N3O7. The standard InChI is InChI=1S/C28H39N3O7/c1-19-10-8-12-23-24(38-28(3,4)37-23)13-9-11-21-16-22(34-15-7-6-14-30-31-29)17-25(35-18-33-5)26(21)27(32)36-20(19)2/h8-11,16-17,19-20,23-24H,6-7,12-15,18H2,1-5H3/b10-8-,11-9?/t19-,20+,23-,24+/m1/s1. The van der Waals surface area contributed by atoms with Crippen LogP contribution in [0.3, 0.4) is 0 Å². The van der Waals surface area contributed by atoms with E-state index in [1.807, 2.05) is 45.9 Å². The van der Waals surface area contributed by atoms with Crippen LogP contribution in [-0.4, -0.2) is 57.1 Å². The molecule has 0 bridgehead atoms. The van der Waals surface area contributed by atoms with Crippen molar-refractivity contribution in [1.29, 1.82) is 0 Å². The average molecular weight is 530 g/mol. The summed E-state index contributed by atoms with van der Waals surface area (Å²) in [6, 6.07) is 3.47. The maximum absolute atomic E-state index is 13.4. The van der Waals surface area contributed by atoms with Crippen LogP contribution in [0, 0.1) is 5.92 Å². The number of unbranched alkanes of at least 4 members (excludes halogenated alkanes) is 1. The third-order valence-electron chi connectivity index (χ3n) is 6.42. The van der Waals surface area contributed by atoms with Gasteiger partial charge < -0.3 is 28.4 Å². The summed E-state index contributed by atoms with van der Waals surface area (Å²) in [5.41, 5.74) is 9.33. The van der Waals surface area contributed by atoms with E-state index in [0.29, 0.717) is 61.5 Å². The minimum atomic E-state index is -0.665. The lowest BCUT2D eigenvalue weighted by atomic mass is 10.00. The number of rotatable bonds is 9. The number of nitrogens with zero attached hydrogens (tertiary/aromatic N) is 3. The van der Waals surface area contributed by atoms with Gasteiger partial charge in [-0.3, -0.25) is 0 Å². The van der Waals surface area contributed by atoms with Gasteiger partial charge in [0.05, 0.1) is 18.8 Å². The van der Waals surface area contributed by atoms with Gasteiger partial charge in [0.25, 0.3) is 0 Å². The van der Waals surface area contributed by atoms with Crippen molar-refractivity contribution in [3.05, 3.63) is 51.9 Å². The summed E-state index contributed by atoms with van der Waals surface area (Å²) >= 11 is 0. The van der Waals surface area contributed by atoms with Gasteiger partial charge in [-0.2, -0.15) is 0 Å². The van der Waals surface area contributed by atoms with E-state index in [-0.39, 0.29) is 31.0 Å². The van der Waals surface area contributed by atoms with Gasteiger partial charge in [0.15, 0.2) is 12.6 Å². The van der Waals surface area contributed by atoms with E-state index in [9.17, 15) is 4.79 Å². The van der Waals surface area contributed by atoms with Crippen LogP contribution in [-0.2, 0) is 18.9 Å².